The number of aldehydes is 1. The van der Waals surface area contributed by atoms with Crippen LogP contribution in [0.4, 0.5) is 0 Å². The van der Waals surface area contributed by atoms with Crippen LogP contribution in [0.2, 0.25) is 0 Å². The summed E-state index contributed by atoms with van der Waals surface area (Å²) in [7, 11) is 0. The maximum atomic E-state index is 11.4. The van der Waals surface area contributed by atoms with E-state index in [9.17, 15) is 9.59 Å². The van der Waals surface area contributed by atoms with Gasteiger partial charge in [-0.05, 0) is 12.0 Å². The van der Waals surface area contributed by atoms with E-state index >= 15 is 0 Å². The van der Waals surface area contributed by atoms with Crippen LogP contribution in [0.3, 0.4) is 0 Å². The Hall–Kier alpha value is -1.47. The minimum atomic E-state index is -0.343. The van der Waals surface area contributed by atoms with E-state index in [0.717, 1.165) is 24.8 Å². The second kappa shape index (κ2) is 6.19. The van der Waals surface area contributed by atoms with Gasteiger partial charge < -0.3 is 0 Å². The second-order valence-electron chi connectivity index (χ2n) is 4.01. The zero-order valence-electron chi connectivity index (χ0n) is 9.48. The predicted molar refractivity (Wildman–Crippen MR) is 59.7 cm³/mol. The van der Waals surface area contributed by atoms with Crippen molar-refractivity contribution in [3.05, 3.63) is 11.6 Å². The van der Waals surface area contributed by atoms with Gasteiger partial charge >= 0.3 is 0 Å². The minimum Gasteiger partial charge on any atom is -0.295 e. The summed E-state index contributed by atoms with van der Waals surface area (Å²) in [5, 5.41) is 8.46. The average molecular weight is 220 g/mol. The van der Waals surface area contributed by atoms with Crippen LogP contribution in [0, 0.1) is 11.3 Å². The average Bonchev–Trinajstić information content (AvgIpc) is 2.25. The quantitative estimate of drug-likeness (QED) is 0.382. The van der Waals surface area contributed by atoms with E-state index in [0.29, 0.717) is 19.4 Å². The smallest absolute Gasteiger partial charge is 0.212 e. The zero-order valence-corrected chi connectivity index (χ0v) is 9.48. The van der Waals surface area contributed by atoms with Crippen LogP contribution in [0.25, 0.3) is 0 Å². The Morgan fingerprint density at radius 2 is 2.31 bits per heavy atom. The molecule has 16 heavy (non-hydrogen) atoms. The summed E-state index contributed by atoms with van der Waals surface area (Å²) in [6.07, 6.45) is 4.61. The van der Waals surface area contributed by atoms with E-state index in [1.54, 1.807) is 0 Å². The molecule has 1 atom stereocenters. The molecule has 4 nitrogen and oxygen atoms in total. The van der Waals surface area contributed by atoms with Gasteiger partial charge in [-0.25, -0.2) is 0 Å². The molecule has 0 radical (unpaired) electrons. The van der Waals surface area contributed by atoms with Crippen LogP contribution in [-0.4, -0.2) is 36.1 Å². The molecule has 0 saturated carbocycles. The number of rotatable bonds is 6. The van der Waals surface area contributed by atoms with Crippen LogP contribution in [0.1, 0.15) is 26.2 Å². The highest BCUT2D eigenvalue weighted by Gasteiger charge is 2.31. The Labute approximate surface area is 95.5 Å². The van der Waals surface area contributed by atoms with E-state index in [4.69, 9.17) is 5.26 Å². The second-order valence-corrected chi connectivity index (χ2v) is 4.01. The first-order chi connectivity index (χ1) is 7.72. The molecule has 0 bridgehead atoms. The first-order valence-corrected chi connectivity index (χ1v) is 5.53. The van der Waals surface area contributed by atoms with Gasteiger partial charge in [0.25, 0.3) is 0 Å². The van der Waals surface area contributed by atoms with Gasteiger partial charge in [0.05, 0.1) is 12.1 Å². The van der Waals surface area contributed by atoms with Gasteiger partial charge in [-0.15, -0.1) is 0 Å². The third kappa shape index (κ3) is 3.01. The van der Waals surface area contributed by atoms with Crippen molar-refractivity contribution in [3.63, 3.8) is 0 Å². The van der Waals surface area contributed by atoms with Crippen LogP contribution in [0.5, 0.6) is 0 Å². The molecule has 0 aromatic rings. The molecule has 1 aliphatic rings. The molecule has 1 heterocycles. The van der Waals surface area contributed by atoms with Crippen molar-refractivity contribution >= 4 is 12.1 Å². The SMILES string of the molecule is CCCCC(C(=O)C=O)N1CC(=CC#N)C1. The fourth-order valence-corrected chi connectivity index (χ4v) is 1.86. The number of hydrogen-bond acceptors (Lipinski definition) is 4. The summed E-state index contributed by atoms with van der Waals surface area (Å²) in [4.78, 5) is 23.9. The highest BCUT2D eigenvalue weighted by Crippen LogP contribution is 2.20. The number of Topliss-reactive ketones (excluding diaryl/α,β-unsaturated/α-hetero) is 1. The highest BCUT2D eigenvalue weighted by atomic mass is 16.2. The summed E-state index contributed by atoms with van der Waals surface area (Å²) >= 11 is 0. The lowest BCUT2D eigenvalue weighted by molar-refractivity contribution is -0.134. The molecule has 0 amide bonds. The van der Waals surface area contributed by atoms with Crippen molar-refractivity contribution in [2.45, 2.75) is 32.2 Å². The Kier molecular flexibility index (Phi) is 4.87. The lowest BCUT2D eigenvalue weighted by Gasteiger charge is -2.38. The Balaban J connectivity index is 2.52. The summed E-state index contributed by atoms with van der Waals surface area (Å²) in [5.41, 5.74) is 1.03. The van der Waals surface area contributed by atoms with Crippen molar-refractivity contribution in [1.82, 2.24) is 4.90 Å². The highest BCUT2D eigenvalue weighted by molar-refractivity contribution is 6.27. The van der Waals surface area contributed by atoms with Crippen molar-refractivity contribution < 1.29 is 9.59 Å². The number of allylic oxidation sites excluding steroid dienone is 1. The molecular weight excluding hydrogens is 204 g/mol. The van der Waals surface area contributed by atoms with Gasteiger partial charge in [0.2, 0.25) is 5.78 Å². The molecule has 4 heteroatoms. The summed E-state index contributed by atoms with van der Waals surface area (Å²) in [6, 6.07) is 1.69. The molecule has 0 N–H and O–H groups in total. The topological polar surface area (TPSA) is 61.2 Å². The standard InChI is InChI=1S/C12H16N2O2/c1-2-3-4-11(12(16)9-15)14-7-10(8-14)5-6-13/h5,9,11H,2-4,7-8H2,1H3. The maximum Gasteiger partial charge on any atom is 0.212 e. The Morgan fingerprint density at radius 3 is 2.81 bits per heavy atom. The Bertz CT molecular complexity index is 333. The molecule has 1 unspecified atom stereocenters. The normalized spacial score (nSPS) is 17.1. The number of carbonyl (C=O) groups excluding carboxylic acids is 2. The number of nitrogens with zero attached hydrogens (tertiary/aromatic N) is 2. The molecule has 1 saturated heterocycles. The van der Waals surface area contributed by atoms with E-state index in [1.165, 1.54) is 6.08 Å². The van der Waals surface area contributed by atoms with Gasteiger partial charge in [-0.3, -0.25) is 14.5 Å². The Morgan fingerprint density at radius 1 is 1.62 bits per heavy atom. The third-order valence-electron chi connectivity index (χ3n) is 2.80. The fraction of sp³-hybridized carbons (Fsp3) is 0.583. The molecule has 0 aromatic carbocycles. The number of likely N-dealkylation sites (tertiary alicyclic amines) is 1. The van der Waals surface area contributed by atoms with Gasteiger partial charge in [0.1, 0.15) is 0 Å². The molecule has 1 fully saturated rings. The van der Waals surface area contributed by atoms with Crippen LogP contribution >= 0.6 is 0 Å². The van der Waals surface area contributed by atoms with Crippen molar-refractivity contribution in [3.8, 4) is 6.07 Å². The van der Waals surface area contributed by atoms with Crippen molar-refractivity contribution in [2.24, 2.45) is 0 Å². The molecule has 0 aliphatic carbocycles. The van der Waals surface area contributed by atoms with E-state index in [1.807, 2.05) is 11.0 Å². The maximum absolute atomic E-state index is 11.4. The van der Waals surface area contributed by atoms with Crippen molar-refractivity contribution in [2.75, 3.05) is 13.1 Å². The fourth-order valence-electron chi connectivity index (χ4n) is 1.86. The third-order valence-corrected chi connectivity index (χ3v) is 2.80. The van der Waals surface area contributed by atoms with E-state index in [2.05, 4.69) is 6.92 Å². The van der Waals surface area contributed by atoms with Crippen LogP contribution in [-0.2, 0) is 9.59 Å². The molecule has 0 spiro atoms. The van der Waals surface area contributed by atoms with Gasteiger partial charge in [-0.2, -0.15) is 5.26 Å². The van der Waals surface area contributed by atoms with Gasteiger partial charge in [0, 0.05) is 19.2 Å². The van der Waals surface area contributed by atoms with Gasteiger partial charge in [0.15, 0.2) is 6.29 Å². The molecule has 1 aliphatic heterocycles. The molecule has 86 valence electrons. The van der Waals surface area contributed by atoms with E-state index < -0.39 is 0 Å². The number of unbranched alkanes of at least 4 members (excludes halogenated alkanes) is 1. The largest absolute Gasteiger partial charge is 0.295 e. The molecular formula is C12H16N2O2. The lowest BCUT2D eigenvalue weighted by atomic mass is 9.98. The molecule has 0 aromatic heterocycles. The van der Waals surface area contributed by atoms with Crippen molar-refractivity contribution in [1.29, 1.82) is 5.26 Å². The lowest BCUT2D eigenvalue weighted by Crippen LogP contribution is -2.51. The zero-order chi connectivity index (χ0) is 12.0. The summed E-state index contributed by atoms with van der Waals surface area (Å²) < 4.78 is 0. The minimum absolute atomic E-state index is 0.284. The monoisotopic (exact) mass is 220 g/mol. The first-order valence-electron chi connectivity index (χ1n) is 5.53. The number of ketones is 1. The first kappa shape index (κ1) is 12.6. The molecule has 1 rings (SSSR count). The number of nitriles is 1. The van der Waals surface area contributed by atoms with Crippen LogP contribution in [0.15, 0.2) is 11.6 Å². The van der Waals surface area contributed by atoms with Gasteiger partial charge in [-0.1, -0.05) is 19.8 Å². The number of hydrogen-bond donors (Lipinski definition) is 0. The summed E-state index contributed by atoms with van der Waals surface area (Å²) in [6.45, 7) is 3.34. The van der Waals surface area contributed by atoms with E-state index in [-0.39, 0.29) is 11.8 Å². The van der Waals surface area contributed by atoms with Crippen LogP contribution < -0.4 is 0 Å². The predicted octanol–water partition coefficient (Wildman–Crippen LogP) is 1.08. The summed E-state index contributed by atoms with van der Waals surface area (Å²) in [5.74, 6) is -0.343. The number of carbonyl (C=O) groups is 2.